The van der Waals surface area contributed by atoms with Gasteiger partial charge in [-0.1, -0.05) is 6.92 Å². The highest BCUT2D eigenvalue weighted by atomic mass is 32.2. The van der Waals surface area contributed by atoms with Gasteiger partial charge in [0.25, 0.3) is 0 Å². The van der Waals surface area contributed by atoms with Crippen molar-refractivity contribution in [3.05, 3.63) is 23.5 Å². The van der Waals surface area contributed by atoms with E-state index in [0.717, 1.165) is 6.42 Å². The predicted molar refractivity (Wildman–Crippen MR) is 72.7 cm³/mol. The average molecular weight is 286 g/mol. The number of aryl methyl sites for hydroxylation is 1. The highest BCUT2D eigenvalue weighted by Gasteiger charge is 2.36. The van der Waals surface area contributed by atoms with Crippen LogP contribution < -0.4 is 5.73 Å². The number of anilines is 1. The van der Waals surface area contributed by atoms with Gasteiger partial charge in [0.2, 0.25) is 10.0 Å². The first-order chi connectivity index (χ1) is 8.73. The Morgan fingerprint density at radius 3 is 2.47 bits per heavy atom. The van der Waals surface area contributed by atoms with Crippen LogP contribution in [0.1, 0.15) is 25.8 Å². The lowest BCUT2D eigenvalue weighted by Crippen LogP contribution is -2.34. The van der Waals surface area contributed by atoms with Gasteiger partial charge in [0, 0.05) is 12.6 Å². The fourth-order valence-corrected chi connectivity index (χ4v) is 4.53. The van der Waals surface area contributed by atoms with E-state index in [1.54, 1.807) is 0 Å². The maximum atomic E-state index is 13.5. The molecule has 1 heterocycles. The third kappa shape index (κ3) is 2.47. The van der Waals surface area contributed by atoms with Gasteiger partial charge >= 0.3 is 0 Å². The van der Waals surface area contributed by atoms with Gasteiger partial charge in [-0.2, -0.15) is 4.31 Å². The van der Waals surface area contributed by atoms with E-state index in [1.807, 2.05) is 13.8 Å². The lowest BCUT2D eigenvalue weighted by molar-refractivity contribution is 0.405. The molecule has 106 valence electrons. The normalized spacial score (nSPS) is 24.8. The van der Waals surface area contributed by atoms with Crippen molar-refractivity contribution in [1.29, 1.82) is 0 Å². The Morgan fingerprint density at radius 1 is 1.37 bits per heavy atom. The summed E-state index contributed by atoms with van der Waals surface area (Å²) in [5.74, 6) is -0.217. The molecule has 0 bridgehead atoms. The minimum absolute atomic E-state index is 0.0356. The molecular formula is C13H19FN2O2S. The van der Waals surface area contributed by atoms with E-state index in [4.69, 9.17) is 5.73 Å². The van der Waals surface area contributed by atoms with E-state index in [1.165, 1.54) is 23.4 Å². The Bertz CT molecular complexity index is 578. The molecule has 1 aromatic carbocycles. The molecule has 1 aliphatic heterocycles. The van der Waals surface area contributed by atoms with Gasteiger partial charge in [-0.3, -0.25) is 0 Å². The lowest BCUT2D eigenvalue weighted by Gasteiger charge is -2.21. The lowest BCUT2D eigenvalue weighted by atomic mass is 10.1. The molecular weight excluding hydrogens is 267 g/mol. The molecule has 1 aliphatic rings. The highest BCUT2D eigenvalue weighted by Crippen LogP contribution is 2.30. The number of benzene rings is 1. The van der Waals surface area contributed by atoms with Crippen LogP contribution in [0.25, 0.3) is 0 Å². The van der Waals surface area contributed by atoms with Crippen LogP contribution in [0.2, 0.25) is 0 Å². The van der Waals surface area contributed by atoms with Gasteiger partial charge in [0.15, 0.2) is 0 Å². The van der Waals surface area contributed by atoms with Crippen LogP contribution in [0, 0.1) is 18.7 Å². The van der Waals surface area contributed by atoms with E-state index >= 15 is 0 Å². The number of rotatable bonds is 2. The molecule has 0 spiro atoms. The summed E-state index contributed by atoms with van der Waals surface area (Å²) in [4.78, 5) is 0.0739. The number of halogens is 1. The van der Waals surface area contributed by atoms with E-state index in [2.05, 4.69) is 0 Å². The number of sulfonamides is 1. The summed E-state index contributed by atoms with van der Waals surface area (Å²) in [6.45, 7) is 5.93. The van der Waals surface area contributed by atoms with Gasteiger partial charge in [0.1, 0.15) is 5.82 Å². The number of hydrogen-bond donors (Lipinski definition) is 1. The molecule has 4 nitrogen and oxygen atoms in total. The van der Waals surface area contributed by atoms with Gasteiger partial charge in [-0.25, -0.2) is 12.8 Å². The maximum Gasteiger partial charge on any atom is 0.243 e. The molecule has 6 heteroatoms. The molecule has 19 heavy (non-hydrogen) atoms. The Labute approximate surface area is 113 Å². The highest BCUT2D eigenvalue weighted by molar-refractivity contribution is 7.89. The summed E-state index contributed by atoms with van der Waals surface area (Å²) >= 11 is 0. The maximum absolute atomic E-state index is 13.5. The number of nitrogens with two attached hydrogens (primary N) is 1. The average Bonchev–Trinajstić information content (AvgIpc) is 2.65. The largest absolute Gasteiger partial charge is 0.396 e. The molecule has 1 saturated heterocycles. The van der Waals surface area contributed by atoms with Crippen molar-refractivity contribution < 1.29 is 12.8 Å². The molecule has 0 radical (unpaired) electrons. The minimum Gasteiger partial charge on any atom is -0.396 e. The van der Waals surface area contributed by atoms with E-state index < -0.39 is 15.8 Å². The molecule has 0 aromatic heterocycles. The molecule has 2 N–H and O–H groups in total. The monoisotopic (exact) mass is 286 g/mol. The molecule has 1 aromatic rings. The van der Waals surface area contributed by atoms with Crippen molar-refractivity contribution in [3.63, 3.8) is 0 Å². The van der Waals surface area contributed by atoms with Crippen molar-refractivity contribution in [3.8, 4) is 0 Å². The van der Waals surface area contributed by atoms with E-state index in [-0.39, 0.29) is 22.2 Å². The van der Waals surface area contributed by atoms with Crippen LogP contribution >= 0.6 is 0 Å². The van der Waals surface area contributed by atoms with E-state index in [9.17, 15) is 12.8 Å². The van der Waals surface area contributed by atoms with Crippen LogP contribution in [-0.4, -0.2) is 25.3 Å². The van der Waals surface area contributed by atoms with Crippen molar-refractivity contribution in [2.75, 3.05) is 12.3 Å². The van der Waals surface area contributed by atoms with Crippen LogP contribution in [0.15, 0.2) is 17.0 Å². The Morgan fingerprint density at radius 2 is 2.00 bits per heavy atom. The van der Waals surface area contributed by atoms with Crippen molar-refractivity contribution in [1.82, 2.24) is 4.31 Å². The van der Waals surface area contributed by atoms with Crippen LogP contribution in [-0.2, 0) is 10.0 Å². The fraction of sp³-hybridized carbons (Fsp3) is 0.538. The first kappa shape index (κ1) is 14.3. The number of hydrogen-bond acceptors (Lipinski definition) is 3. The van der Waals surface area contributed by atoms with E-state index in [0.29, 0.717) is 12.5 Å². The third-order valence-electron chi connectivity index (χ3n) is 3.59. The number of nitrogen functional groups attached to an aromatic ring is 1. The molecule has 2 unspecified atom stereocenters. The number of nitrogens with zero attached hydrogens (tertiary/aromatic N) is 1. The first-order valence-corrected chi connectivity index (χ1v) is 7.75. The Balaban J connectivity index is 2.46. The zero-order valence-corrected chi connectivity index (χ0v) is 12.2. The molecule has 2 atom stereocenters. The van der Waals surface area contributed by atoms with Gasteiger partial charge in [-0.05, 0) is 43.9 Å². The third-order valence-corrected chi connectivity index (χ3v) is 5.55. The Hall–Kier alpha value is -1.14. The van der Waals surface area contributed by atoms with Crippen LogP contribution in [0.5, 0.6) is 0 Å². The second-order valence-corrected chi connectivity index (χ2v) is 7.30. The summed E-state index contributed by atoms with van der Waals surface area (Å²) in [7, 11) is -3.60. The zero-order valence-electron chi connectivity index (χ0n) is 11.4. The summed E-state index contributed by atoms with van der Waals surface area (Å²) in [5, 5.41) is 0. The first-order valence-electron chi connectivity index (χ1n) is 6.31. The summed E-state index contributed by atoms with van der Waals surface area (Å²) in [6.07, 6.45) is 0.842. The fourth-order valence-electron chi connectivity index (χ4n) is 2.64. The molecule has 0 aliphatic carbocycles. The molecule has 1 fully saturated rings. The van der Waals surface area contributed by atoms with Crippen LogP contribution in [0.3, 0.4) is 0 Å². The van der Waals surface area contributed by atoms with Gasteiger partial charge < -0.3 is 5.73 Å². The van der Waals surface area contributed by atoms with Crippen molar-refractivity contribution in [2.45, 2.75) is 38.1 Å². The van der Waals surface area contributed by atoms with Crippen molar-refractivity contribution in [2.24, 2.45) is 5.92 Å². The molecule has 2 rings (SSSR count). The minimum atomic E-state index is -3.60. The SMILES string of the molecule is Cc1cc(S(=O)(=O)N2CC(C)CC2C)cc(N)c1F. The van der Waals surface area contributed by atoms with Gasteiger partial charge in [0.05, 0.1) is 10.6 Å². The van der Waals surface area contributed by atoms with Crippen molar-refractivity contribution >= 4 is 15.7 Å². The molecule has 0 amide bonds. The zero-order chi connectivity index (χ0) is 14.4. The second-order valence-electron chi connectivity index (χ2n) is 5.41. The predicted octanol–water partition coefficient (Wildman–Crippen LogP) is 2.14. The molecule has 0 saturated carbocycles. The smallest absolute Gasteiger partial charge is 0.243 e. The topological polar surface area (TPSA) is 63.4 Å². The van der Waals surface area contributed by atoms with Gasteiger partial charge in [-0.15, -0.1) is 0 Å². The standard InChI is InChI=1S/C13H19FN2O2S/c1-8-4-10(3)16(7-8)19(17,18)11-5-9(2)13(14)12(15)6-11/h5-6,8,10H,4,7,15H2,1-3H3. The quantitative estimate of drug-likeness (QED) is 0.847. The summed E-state index contributed by atoms with van der Waals surface area (Å²) < 4.78 is 40.1. The summed E-state index contributed by atoms with van der Waals surface area (Å²) in [5.41, 5.74) is 5.64. The summed E-state index contributed by atoms with van der Waals surface area (Å²) in [6, 6.07) is 2.51. The Kier molecular flexibility index (Phi) is 3.57. The van der Waals surface area contributed by atoms with Crippen LogP contribution in [0.4, 0.5) is 10.1 Å². The second kappa shape index (κ2) is 4.76.